The Kier molecular flexibility index (Phi) is 6.89. The van der Waals surface area contributed by atoms with E-state index in [1.54, 1.807) is 4.90 Å². The molecule has 6 heterocycles. The van der Waals surface area contributed by atoms with Crippen molar-refractivity contribution in [2.75, 3.05) is 43.4 Å². The van der Waals surface area contributed by atoms with Gasteiger partial charge in [0.25, 0.3) is 6.08 Å². The molecular formula is C31H29F6N7OS. The summed E-state index contributed by atoms with van der Waals surface area (Å²) in [5, 5.41) is 3.31. The van der Waals surface area contributed by atoms with Gasteiger partial charge < -0.3 is 20.7 Å². The smallest absolute Gasteiger partial charge is 0.319 e. The van der Waals surface area contributed by atoms with Gasteiger partial charge in [0.15, 0.2) is 10.9 Å². The topological polar surface area (TPSA) is 92.4 Å². The molecule has 0 spiro atoms. The van der Waals surface area contributed by atoms with Gasteiger partial charge in [0, 0.05) is 49.1 Å². The standard InChI is InChI=1S/C31H29F6N7OS/c32-15-9-31(5-1-7-44(31)11-15)14-45-29-40-24-18(27(41-29)43-12-16-4-6-30(13-43,42-16)10-21(35)36)8-20(34)22(23(24)37)17-2-3-19(33)26-25(17)39-28(38)46-26/h2-3,8,10,15-16,42H,1,4-7,9,11-14H2,(H2,38,39)/t15-,16+,30+,31+/m1/s1. The molecule has 0 aliphatic carbocycles. The SMILES string of the molecule is Nc1nc2c(-c3c(F)cc4c(N5C[C@@H]6CC[C@](C=C(F)F)(C5)N6)nc(OC[C@@]56CCCN5C[C@H](F)C6)nc4c3F)ccc(F)c2s1. The van der Waals surface area contributed by atoms with Gasteiger partial charge in [-0.1, -0.05) is 11.3 Å². The zero-order chi connectivity index (χ0) is 32.0. The summed E-state index contributed by atoms with van der Waals surface area (Å²) in [5.41, 5.74) is 3.48. The van der Waals surface area contributed by atoms with E-state index in [1.165, 1.54) is 6.07 Å². The molecule has 8 nitrogen and oxygen atoms in total. The number of nitrogens with two attached hydrogens (primary N) is 1. The molecule has 4 saturated heterocycles. The van der Waals surface area contributed by atoms with Gasteiger partial charge in [0.1, 0.15) is 35.7 Å². The number of rotatable bonds is 6. The molecule has 4 aliphatic rings. The van der Waals surface area contributed by atoms with E-state index in [-0.39, 0.29) is 69.3 Å². The lowest BCUT2D eigenvalue weighted by Gasteiger charge is -2.40. The second-order valence-corrected chi connectivity index (χ2v) is 13.8. The van der Waals surface area contributed by atoms with Crippen LogP contribution >= 0.6 is 11.3 Å². The molecule has 4 atom stereocenters. The van der Waals surface area contributed by atoms with Gasteiger partial charge in [-0.15, -0.1) is 0 Å². The highest BCUT2D eigenvalue weighted by Gasteiger charge is 2.50. The van der Waals surface area contributed by atoms with Crippen molar-refractivity contribution in [3.8, 4) is 17.1 Å². The van der Waals surface area contributed by atoms with E-state index in [1.807, 2.05) is 0 Å². The maximum atomic E-state index is 16.7. The molecule has 2 aromatic carbocycles. The predicted molar refractivity (Wildman–Crippen MR) is 162 cm³/mol. The Morgan fingerprint density at radius 3 is 2.78 bits per heavy atom. The first kappa shape index (κ1) is 29.7. The molecule has 15 heteroatoms. The minimum atomic E-state index is -1.83. The van der Waals surface area contributed by atoms with E-state index in [2.05, 4.69) is 25.2 Å². The molecule has 4 aromatic rings. The molecule has 0 amide bonds. The lowest BCUT2D eigenvalue weighted by Crippen LogP contribution is -2.59. The third kappa shape index (κ3) is 4.77. The lowest BCUT2D eigenvalue weighted by atomic mass is 9.95. The van der Waals surface area contributed by atoms with Crippen molar-refractivity contribution >= 4 is 43.4 Å². The summed E-state index contributed by atoms with van der Waals surface area (Å²) in [6.07, 6.45) is 1.03. The third-order valence-corrected chi connectivity index (χ3v) is 10.8. The van der Waals surface area contributed by atoms with Crippen LogP contribution in [0.2, 0.25) is 0 Å². The number of piperazine rings is 1. The Bertz CT molecular complexity index is 1920. The van der Waals surface area contributed by atoms with Crippen molar-refractivity contribution in [3.05, 3.63) is 47.8 Å². The van der Waals surface area contributed by atoms with Gasteiger partial charge in [0.05, 0.1) is 26.9 Å². The Balaban J connectivity index is 1.27. The number of alkyl halides is 1. The second-order valence-electron chi connectivity index (χ2n) is 12.8. The highest BCUT2D eigenvalue weighted by atomic mass is 32.1. The molecule has 4 aliphatic heterocycles. The van der Waals surface area contributed by atoms with E-state index in [0.717, 1.165) is 48.9 Å². The van der Waals surface area contributed by atoms with E-state index in [9.17, 15) is 17.6 Å². The predicted octanol–water partition coefficient (Wildman–Crippen LogP) is 5.95. The van der Waals surface area contributed by atoms with Crippen LogP contribution in [-0.4, -0.2) is 75.9 Å². The minimum Gasteiger partial charge on any atom is -0.461 e. The molecule has 0 radical (unpaired) electrons. The number of thiazole rings is 1. The summed E-state index contributed by atoms with van der Waals surface area (Å²) in [5.74, 6) is -2.51. The number of nitrogens with one attached hydrogen (secondary N) is 1. The Morgan fingerprint density at radius 1 is 1.11 bits per heavy atom. The van der Waals surface area contributed by atoms with Crippen LogP contribution in [0.1, 0.15) is 32.1 Å². The number of hydrogen-bond acceptors (Lipinski definition) is 9. The van der Waals surface area contributed by atoms with E-state index in [4.69, 9.17) is 10.5 Å². The highest BCUT2D eigenvalue weighted by Crippen LogP contribution is 2.43. The summed E-state index contributed by atoms with van der Waals surface area (Å²) >= 11 is 0.862. The quantitative estimate of drug-likeness (QED) is 0.245. The molecular weight excluding hydrogens is 632 g/mol. The Hall–Kier alpha value is -3.69. The molecule has 242 valence electrons. The van der Waals surface area contributed by atoms with Crippen LogP contribution in [0.15, 0.2) is 30.4 Å². The first-order valence-electron chi connectivity index (χ1n) is 15.2. The van der Waals surface area contributed by atoms with Crippen LogP contribution in [-0.2, 0) is 0 Å². The number of nitrogens with zero attached hydrogens (tertiary/aromatic N) is 5. The van der Waals surface area contributed by atoms with Crippen LogP contribution in [0, 0.1) is 17.5 Å². The fraction of sp³-hybridized carbons (Fsp3) is 0.452. The molecule has 2 aromatic heterocycles. The van der Waals surface area contributed by atoms with E-state index >= 15 is 8.78 Å². The maximum Gasteiger partial charge on any atom is 0.319 e. The van der Waals surface area contributed by atoms with Crippen molar-refractivity contribution < 1.29 is 31.1 Å². The van der Waals surface area contributed by atoms with Crippen LogP contribution in [0.4, 0.5) is 37.3 Å². The van der Waals surface area contributed by atoms with Gasteiger partial charge in [-0.2, -0.15) is 18.7 Å². The van der Waals surface area contributed by atoms with Crippen LogP contribution in [0.3, 0.4) is 0 Å². The fourth-order valence-corrected chi connectivity index (χ4v) is 8.76. The normalized spacial score (nSPS) is 27.6. The van der Waals surface area contributed by atoms with Gasteiger partial charge >= 0.3 is 6.01 Å². The van der Waals surface area contributed by atoms with Gasteiger partial charge in [-0.3, -0.25) is 4.90 Å². The van der Waals surface area contributed by atoms with E-state index < -0.39 is 46.3 Å². The van der Waals surface area contributed by atoms with Crippen molar-refractivity contribution in [3.63, 3.8) is 0 Å². The summed E-state index contributed by atoms with van der Waals surface area (Å²) in [6.45, 7) is 1.52. The summed E-state index contributed by atoms with van der Waals surface area (Å²) in [7, 11) is 0. The van der Waals surface area contributed by atoms with Crippen molar-refractivity contribution in [1.82, 2.24) is 25.2 Å². The first-order chi connectivity index (χ1) is 22.0. The highest BCUT2D eigenvalue weighted by molar-refractivity contribution is 7.22. The molecule has 8 rings (SSSR count). The Labute approximate surface area is 263 Å². The largest absolute Gasteiger partial charge is 0.461 e. The fourth-order valence-electron chi connectivity index (χ4n) is 8.00. The number of aromatic nitrogens is 3. The number of ether oxygens (including phenoxy) is 1. The average molecular weight is 662 g/mol. The molecule has 0 saturated carbocycles. The molecule has 3 N–H and O–H groups in total. The molecule has 4 fully saturated rings. The van der Waals surface area contributed by atoms with Crippen molar-refractivity contribution in [2.24, 2.45) is 0 Å². The average Bonchev–Trinajstić information content (AvgIpc) is 3.73. The Morgan fingerprint density at radius 2 is 1.96 bits per heavy atom. The molecule has 46 heavy (non-hydrogen) atoms. The molecule has 2 bridgehead atoms. The third-order valence-electron chi connectivity index (χ3n) is 9.88. The zero-order valence-corrected chi connectivity index (χ0v) is 25.2. The van der Waals surface area contributed by atoms with Crippen molar-refractivity contribution in [1.29, 1.82) is 0 Å². The van der Waals surface area contributed by atoms with Gasteiger partial charge in [-0.05, 0) is 50.4 Å². The summed E-state index contributed by atoms with van der Waals surface area (Å²) in [6, 6.07) is 3.07. The zero-order valence-electron chi connectivity index (χ0n) is 24.4. The summed E-state index contributed by atoms with van der Waals surface area (Å²) < 4.78 is 95.0. The van der Waals surface area contributed by atoms with Gasteiger partial charge in [0.2, 0.25) is 0 Å². The lowest BCUT2D eigenvalue weighted by molar-refractivity contribution is 0.107. The number of benzene rings is 2. The summed E-state index contributed by atoms with van der Waals surface area (Å²) in [4.78, 5) is 16.9. The molecule has 0 unspecified atom stereocenters. The monoisotopic (exact) mass is 661 g/mol. The van der Waals surface area contributed by atoms with Crippen LogP contribution in [0.25, 0.3) is 32.2 Å². The maximum absolute atomic E-state index is 16.7. The number of anilines is 2. The van der Waals surface area contributed by atoms with Crippen molar-refractivity contribution in [2.45, 2.75) is 55.4 Å². The van der Waals surface area contributed by atoms with Crippen LogP contribution in [0.5, 0.6) is 6.01 Å². The van der Waals surface area contributed by atoms with Gasteiger partial charge in [-0.25, -0.2) is 22.5 Å². The second kappa shape index (κ2) is 10.7. The van der Waals surface area contributed by atoms with E-state index in [0.29, 0.717) is 25.9 Å². The van der Waals surface area contributed by atoms with Crippen LogP contribution < -0.4 is 20.7 Å². The first-order valence-corrected chi connectivity index (χ1v) is 16.0. The number of nitrogen functional groups attached to an aromatic ring is 1. The number of fused-ring (bicyclic) bond motifs is 5. The number of hydrogen-bond donors (Lipinski definition) is 2. The minimum absolute atomic E-state index is 0.00737. The number of halogens is 6.